The van der Waals surface area contributed by atoms with Crippen molar-refractivity contribution >= 4 is 49.2 Å². The molecule has 2 fully saturated rings. The second kappa shape index (κ2) is 9.75. The molecule has 5 aromatic rings. The summed E-state index contributed by atoms with van der Waals surface area (Å²) in [6.07, 6.45) is 7.04. The predicted octanol–water partition coefficient (Wildman–Crippen LogP) is 5.75. The first kappa shape index (κ1) is 24.8. The second-order valence-corrected chi connectivity index (χ2v) is 12.5. The minimum absolute atomic E-state index is 0.0633. The monoisotopic (exact) mass is 551 g/mol. The number of H-pyrrole nitrogens is 1. The number of nitrogens with zero attached hydrogens (tertiary/aromatic N) is 4. The SMILES string of the molecule is O=C(C1CC(c2ccc3ncnc(N(c4ccc5[nH]ccc5c4)S(=O)(=O)c4ccccc4)c3c2)C1)N1CCCC1. The van der Waals surface area contributed by atoms with Crippen LogP contribution in [0.15, 0.2) is 90.2 Å². The van der Waals surface area contributed by atoms with E-state index in [-0.39, 0.29) is 22.6 Å². The largest absolute Gasteiger partial charge is 0.361 e. The zero-order valence-corrected chi connectivity index (χ0v) is 22.7. The molecule has 1 aliphatic heterocycles. The van der Waals surface area contributed by atoms with Crippen LogP contribution in [0.3, 0.4) is 0 Å². The maximum atomic E-state index is 14.2. The van der Waals surface area contributed by atoms with Crippen molar-refractivity contribution < 1.29 is 13.2 Å². The van der Waals surface area contributed by atoms with Crippen LogP contribution in [-0.4, -0.2) is 47.3 Å². The van der Waals surface area contributed by atoms with E-state index in [4.69, 9.17) is 0 Å². The lowest BCUT2D eigenvalue weighted by atomic mass is 9.70. The van der Waals surface area contributed by atoms with Crippen LogP contribution >= 0.6 is 0 Å². The van der Waals surface area contributed by atoms with Gasteiger partial charge in [-0.2, -0.15) is 0 Å². The Morgan fingerprint density at radius 2 is 1.73 bits per heavy atom. The third-order valence-electron chi connectivity index (χ3n) is 8.26. The average Bonchev–Trinajstić information content (AvgIpc) is 3.65. The van der Waals surface area contributed by atoms with E-state index >= 15 is 0 Å². The summed E-state index contributed by atoms with van der Waals surface area (Å²) in [5.41, 5.74) is 3.14. The zero-order chi connectivity index (χ0) is 27.3. The lowest BCUT2D eigenvalue weighted by Gasteiger charge is -2.37. The van der Waals surface area contributed by atoms with E-state index in [0.717, 1.165) is 55.2 Å². The number of anilines is 2. The van der Waals surface area contributed by atoms with Gasteiger partial charge in [0.25, 0.3) is 10.0 Å². The van der Waals surface area contributed by atoms with Crippen LogP contribution in [0.1, 0.15) is 37.2 Å². The summed E-state index contributed by atoms with van der Waals surface area (Å²) in [6.45, 7) is 1.74. The molecule has 7 rings (SSSR count). The highest BCUT2D eigenvalue weighted by Gasteiger charge is 2.38. The van der Waals surface area contributed by atoms with Crippen molar-refractivity contribution in [2.75, 3.05) is 17.4 Å². The van der Waals surface area contributed by atoms with Crippen LogP contribution in [0.2, 0.25) is 0 Å². The van der Waals surface area contributed by atoms with Crippen LogP contribution in [-0.2, 0) is 14.8 Å². The van der Waals surface area contributed by atoms with Crippen LogP contribution in [0.5, 0.6) is 0 Å². The second-order valence-electron chi connectivity index (χ2n) is 10.7. The summed E-state index contributed by atoms with van der Waals surface area (Å²) in [6, 6.07) is 21.8. The topological polar surface area (TPSA) is 99.3 Å². The van der Waals surface area contributed by atoms with Gasteiger partial charge in [0.2, 0.25) is 5.91 Å². The summed E-state index contributed by atoms with van der Waals surface area (Å²) in [5.74, 6) is 0.881. The van der Waals surface area contributed by atoms with Gasteiger partial charge in [0.15, 0.2) is 5.82 Å². The van der Waals surface area contributed by atoms with Crippen molar-refractivity contribution in [3.8, 4) is 0 Å². The molecule has 1 saturated heterocycles. The van der Waals surface area contributed by atoms with Crippen molar-refractivity contribution in [2.24, 2.45) is 5.92 Å². The van der Waals surface area contributed by atoms with Crippen molar-refractivity contribution in [1.29, 1.82) is 0 Å². The summed E-state index contributed by atoms with van der Waals surface area (Å²) < 4.78 is 29.7. The van der Waals surface area contributed by atoms with Crippen LogP contribution in [0.4, 0.5) is 11.5 Å². The highest BCUT2D eigenvalue weighted by molar-refractivity contribution is 7.93. The number of fused-ring (bicyclic) bond motifs is 2. The Hall–Kier alpha value is -4.24. The van der Waals surface area contributed by atoms with Gasteiger partial charge in [0, 0.05) is 41.5 Å². The van der Waals surface area contributed by atoms with Gasteiger partial charge < -0.3 is 9.88 Å². The molecule has 2 aromatic heterocycles. The number of sulfonamides is 1. The molecule has 40 heavy (non-hydrogen) atoms. The lowest BCUT2D eigenvalue weighted by molar-refractivity contribution is -0.137. The normalized spacial score (nSPS) is 19.1. The number of likely N-dealkylation sites (tertiary alicyclic amines) is 1. The third-order valence-corrected chi connectivity index (χ3v) is 9.99. The fourth-order valence-corrected chi connectivity index (χ4v) is 7.48. The number of rotatable bonds is 6. The molecule has 1 N–H and O–H groups in total. The van der Waals surface area contributed by atoms with E-state index in [1.165, 1.54) is 10.6 Å². The first-order valence-electron chi connectivity index (χ1n) is 13.7. The molecule has 8 nitrogen and oxygen atoms in total. The molecule has 9 heteroatoms. The Balaban J connectivity index is 1.30. The molecule has 0 unspecified atom stereocenters. The number of aromatic amines is 1. The quantitative estimate of drug-likeness (QED) is 0.290. The molecule has 1 aliphatic carbocycles. The van der Waals surface area contributed by atoms with E-state index in [1.54, 1.807) is 36.4 Å². The Morgan fingerprint density at radius 3 is 2.52 bits per heavy atom. The molecule has 3 aromatic carbocycles. The van der Waals surface area contributed by atoms with Gasteiger partial charge in [-0.15, -0.1) is 0 Å². The summed E-state index contributed by atoms with van der Waals surface area (Å²) in [5, 5.41) is 1.55. The predicted molar refractivity (Wildman–Crippen MR) is 155 cm³/mol. The maximum absolute atomic E-state index is 14.2. The highest BCUT2D eigenvalue weighted by Crippen LogP contribution is 2.44. The number of amides is 1. The van der Waals surface area contributed by atoms with Gasteiger partial charge in [-0.05, 0) is 85.7 Å². The first-order chi connectivity index (χ1) is 19.5. The Bertz CT molecular complexity index is 1820. The molecule has 2 aliphatic rings. The van der Waals surface area contributed by atoms with Crippen molar-refractivity contribution in [2.45, 2.75) is 36.5 Å². The Labute approximate surface area is 232 Å². The van der Waals surface area contributed by atoms with E-state index in [2.05, 4.69) is 15.0 Å². The van der Waals surface area contributed by atoms with Crippen molar-refractivity contribution in [3.05, 3.63) is 90.9 Å². The maximum Gasteiger partial charge on any atom is 0.269 e. The van der Waals surface area contributed by atoms with Gasteiger partial charge in [-0.25, -0.2) is 22.7 Å². The van der Waals surface area contributed by atoms with E-state index in [0.29, 0.717) is 22.4 Å². The van der Waals surface area contributed by atoms with E-state index < -0.39 is 10.0 Å². The molecule has 0 spiro atoms. The summed E-state index contributed by atoms with van der Waals surface area (Å²) in [7, 11) is -4.02. The minimum Gasteiger partial charge on any atom is -0.361 e. The smallest absolute Gasteiger partial charge is 0.269 e. The minimum atomic E-state index is -4.02. The first-order valence-corrected chi connectivity index (χ1v) is 15.1. The summed E-state index contributed by atoms with van der Waals surface area (Å²) >= 11 is 0. The van der Waals surface area contributed by atoms with Crippen LogP contribution < -0.4 is 4.31 Å². The average molecular weight is 552 g/mol. The van der Waals surface area contributed by atoms with Gasteiger partial charge >= 0.3 is 0 Å². The number of carbonyl (C=O) groups excluding carboxylic acids is 1. The van der Waals surface area contributed by atoms with Crippen molar-refractivity contribution in [1.82, 2.24) is 19.9 Å². The number of carbonyl (C=O) groups is 1. The number of aromatic nitrogens is 3. The molecule has 0 atom stereocenters. The fourth-order valence-electron chi connectivity index (χ4n) is 6.00. The standard InChI is InChI=1S/C31H29N5O3S/c37-31(35-14-4-5-15-35)24-16-23(17-24)21-8-10-29-27(19-21)30(34-20-33-29)36(40(38,39)26-6-2-1-3-7-26)25-9-11-28-22(18-25)12-13-32-28/h1-3,6-13,18-20,23-24,32H,4-5,14-17H2. The van der Waals surface area contributed by atoms with Crippen LogP contribution in [0, 0.1) is 5.92 Å². The zero-order valence-electron chi connectivity index (χ0n) is 21.9. The van der Waals surface area contributed by atoms with Crippen LogP contribution in [0.25, 0.3) is 21.8 Å². The number of benzene rings is 3. The Kier molecular flexibility index (Phi) is 6.04. The number of hydrogen-bond donors (Lipinski definition) is 1. The van der Waals surface area contributed by atoms with E-state index in [9.17, 15) is 13.2 Å². The van der Waals surface area contributed by atoms with E-state index in [1.807, 2.05) is 47.5 Å². The highest BCUT2D eigenvalue weighted by atomic mass is 32.2. The number of nitrogens with one attached hydrogen (secondary N) is 1. The van der Waals surface area contributed by atoms with Gasteiger partial charge in [0.1, 0.15) is 6.33 Å². The summed E-state index contributed by atoms with van der Waals surface area (Å²) in [4.78, 5) is 27.2. The number of hydrogen-bond acceptors (Lipinski definition) is 5. The Morgan fingerprint density at radius 1 is 0.925 bits per heavy atom. The third kappa shape index (κ3) is 4.21. The molecular weight excluding hydrogens is 522 g/mol. The van der Waals surface area contributed by atoms with Gasteiger partial charge in [0.05, 0.1) is 16.1 Å². The molecule has 1 saturated carbocycles. The van der Waals surface area contributed by atoms with Crippen molar-refractivity contribution in [3.63, 3.8) is 0 Å². The van der Waals surface area contributed by atoms with Gasteiger partial charge in [-0.1, -0.05) is 24.3 Å². The molecular formula is C31H29N5O3S. The van der Waals surface area contributed by atoms with Gasteiger partial charge in [-0.3, -0.25) is 4.79 Å². The molecule has 1 amide bonds. The lowest BCUT2D eigenvalue weighted by Crippen LogP contribution is -2.39. The fraction of sp³-hybridized carbons (Fsp3) is 0.258. The molecule has 0 bridgehead atoms. The molecule has 202 valence electrons. The molecule has 0 radical (unpaired) electrons. The molecule has 3 heterocycles.